The molecule has 0 nitrogen and oxygen atoms in total. The molecule has 6 atom stereocenters. The van der Waals surface area contributed by atoms with E-state index in [2.05, 4.69) is 20.4 Å². The molecule has 0 heterocycles. The predicted octanol–water partition coefficient (Wildman–Crippen LogP) is 5.98. The maximum atomic E-state index is 4.45. The zero-order chi connectivity index (χ0) is 14.0. The normalized spacial score (nSPS) is 55.0. The molecule has 5 unspecified atom stereocenters. The second kappa shape index (κ2) is 4.37. The highest BCUT2D eigenvalue weighted by atomic mass is 14.6. The number of rotatable bonds is 0. The summed E-state index contributed by atoms with van der Waals surface area (Å²) in [4.78, 5) is 0. The second-order valence-corrected chi connectivity index (χ2v) is 9.00. The first-order chi connectivity index (χ1) is 9.56. The molecule has 4 rings (SSSR count). The van der Waals surface area contributed by atoms with Gasteiger partial charge in [0.2, 0.25) is 0 Å². The molecule has 0 radical (unpaired) electrons. The maximum absolute atomic E-state index is 4.45. The van der Waals surface area contributed by atoms with E-state index in [1.54, 1.807) is 12.0 Å². The van der Waals surface area contributed by atoms with Crippen molar-refractivity contribution in [3.05, 3.63) is 12.2 Å². The van der Waals surface area contributed by atoms with E-state index in [1.807, 2.05) is 0 Å². The number of hydrogen-bond acceptors (Lipinski definition) is 0. The lowest BCUT2D eigenvalue weighted by Crippen LogP contribution is -2.51. The average Bonchev–Trinajstić information content (AvgIpc) is 2.74. The molecule has 0 heteroatoms. The zero-order valence-electron chi connectivity index (χ0n) is 13.6. The van der Waals surface area contributed by atoms with E-state index in [4.69, 9.17) is 0 Å². The van der Waals surface area contributed by atoms with Gasteiger partial charge in [-0.3, -0.25) is 0 Å². The summed E-state index contributed by atoms with van der Waals surface area (Å²) in [7, 11) is 0. The first-order valence-corrected chi connectivity index (χ1v) is 9.24. The molecule has 4 saturated carbocycles. The van der Waals surface area contributed by atoms with Crippen molar-refractivity contribution in [1.82, 2.24) is 0 Å². The molecule has 0 saturated heterocycles. The SMILES string of the molecule is C=C1CCC2C3CCC4CCCCC4(C)C3CC[C@]12C. The fourth-order valence-corrected chi connectivity index (χ4v) is 7.20. The Morgan fingerprint density at radius 3 is 2.60 bits per heavy atom. The summed E-state index contributed by atoms with van der Waals surface area (Å²) in [6.45, 7) is 9.68. The Hall–Kier alpha value is -0.260. The van der Waals surface area contributed by atoms with Crippen LogP contribution in [-0.4, -0.2) is 0 Å². The van der Waals surface area contributed by atoms with Gasteiger partial charge in [0, 0.05) is 0 Å². The molecule has 4 aliphatic carbocycles. The Morgan fingerprint density at radius 1 is 0.900 bits per heavy atom. The number of hydrogen-bond donors (Lipinski definition) is 0. The molecule has 0 aromatic heterocycles. The topological polar surface area (TPSA) is 0 Å². The van der Waals surface area contributed by atoms with Gasteiger partial charge in [-0.15, -0.1) is 0 Å². The lowest BCUT2D eigenvalue weighted by atomic mass is 9.45. The van der Waals surface area contributed by atoms with Gasteiger partial charge in [0.15, 0.2) is 0 Å². The van der Waals surface area contributed by atoms with Gasteiger partial charge in [0.25, 0.3) is 0 Å². The highest BCUT2D eigenvalue weighted by molar-refractivity contribution is 5.21. The predicted molar refractivity (Wildman–Crippen MR) is 85.5 cm³/mol. The van der Waals surface area contributed by atoms with Crippen LogP contribution in [-0.2, 0) is 0 Å². The van der Waals surface area contributed by atoms with Gasteiger partial charge in [0.1, 0.15) is 0 Å². The number of allylic oxidation sites excluding steroid dienone is 1. The molecule has 0 aromatic carbocycles. The van der Waals surface area contributed by atoms with Crippen LogP contribution in [0.4, 0.5) is 0 Å². The van der Waals surface area contributed by atoms with E-state index < -0.39 is 0 Å². The van der Waals surface area contributed by atoms with Gasteiger partial charge in [-0.25, -0.2) is 0 Å². The molecular weight excluding hydrogens is 240 g/mol. The third-order valence-electron chi connectivity index (χ3n) is 8.54. The van der Waals surface area contributed by atoms with Crippen LogP contribution in [0.15, 0.2) is 12.2 Å². The Bertz CT molecular complexity index is 422. The molecule has 4 fully saturated rings. The van der Waals surface area contributed by atoms with Gasteiger partial charge in [-0.1, -0.05) is 38.8 Å². The smallest absolute Gasteiger partial charge is 0.00879 e. The summed E-state index contributed by atoms with van der Waals surface area (Å²) in [6.07, 6.45) is 14.9. The van der Waals surface area contributed by atoms with Crippen molar-refractivity contribution >= 4 is 0 Å². The fourth-order valence-electron chi connectivity index (χ4n) is 7.20. The molecule has 112 valence electrons. The molecule has 0 N–H and O–H groups in total. The third-order valence-corrected chi connectivity index (χ3v) is 8.54. The van der Waals surface area contributed by atoms with Crippen molar-refractivity contribution in [1.29, 1.82) is 0 Å². The Kier molecular flexibility index (Phi) is 2.93. The quantitative estimate of drug-likeness (QED) is 0.476. The van der Waals surface area contributed by atoms with Crippen LogP contribution in [0.1, 0.15) is 78.1 Å². The third kappa shape index (κ3) is 1.60. The fraction of sp³-hybridized carbons (Fsp3) is 0.900. The van der Waals surface area contributed by atoms with Crippen LogP contribution in [0.25, 0.3) is 0 Å². The van der Waals surface area contributed by atoms with E-state index >= 15 is 0 Å². The van der Waals surface area contributed by atoms with E-state index in [0.717, 1.165) is 23.7 Å². The van der Waals surface area contributed by atoms with E-state index in [9.17, 15) is 0 Å². The van der Waals surface area contributed by atoms with Gasteiger partial charge >= 0.3 is 0 Å². The minimum Gasteiger partial charge on any atom is -0.0993 e. The minimum absolute atomic E-state index is 0.513. The zero-order valence-corrected chi connectivity index (χ0v) is 13.6. The molecular formula is C20H32. The summed E-state index contributed by atoms with van der Waals surface area (Å²) in [5.74, 6) is 4.12. The summed E-state index contributed by atoms with van der Waals surface area (Å²) in [5, 5.41) is 0. The van der Waals surface area contributed by atoms with Crippen LogP contribution in [0, 0.1) is 34.5 Å². The summed E-state index contributed by atoms with van der Waals surface area (Å²) >= 11 is 0. The van der Waals surface area contributed by atoms with Crippen LogP contribution < -0.4 is 0 Å². The van der Waals surface area contributed by atoms with E-state index in [0.29, 0.717) is 10.8 Å². The van der Waals surface area contributed by atoms with Gasteiger partial charge in [-0.2, -0.15) is 0 Å². The van der Waals surface area contributed by atoms with Crippen molar-refractivity contribution in [3.8, 4) is 0 Å². The van der Waals surface area contributed by atoms with Crippen LogP contribution in [0.2, 0.25) is 0 Å². The van der Waals surface area contributed by atoms with Crippen molar-refractivity contribution in [2.45, 2.75) is 78.1 Å². The molecule has 0 bridgehead atoms. The molecule has 0 aliphatic heterocycles. The standard InChI is InChI=1S/C20H32/c1-14-7-10-17-16-9-8-15-6-4-5-12-20(15,3)18(16)11-13-19(14,17)2/h15-18H,1,4-13H2,2-3H3/t15?,16?,17?,18?,19-,20?/m1/s1. The Balaban J connectivity index is 1.66. The summed E-state index contributed by atoms with van der Waals surface area (Å²) in [5.41, 5.74) is 2.81. The molecule has 0 spiro atoms. The molecule has 20 heavy (non-hydrogen) atoms. The van der Waals surface area contributed by atoms with Crippen LogP contribution in [0.5, 0.6) is 0 Å². The monoisotopic (exact) mass is 272 g/mol. The highest BCUT2D eigenvalue weighted by Crippen LogP contribution is 2.67. The van der Waals surface area contributed by atoms with Gasteiger partial charge < -0.3 is 0 Å². The Labute approximate surface area is 125 Å². The first kappa shape index (κ1) is 13.4. The maximum Gasteiger partial charge on any atom is -0.00879 e. The van der Waals surface area contributed by atoms with Crippen molar-refractivity contribution in [2.24, 2.45) is 34.5 Å². The van der Waals surface area contributed by atoms with E-state index in [1.165, 1.54) is 57.8 Å². The molecule has 0 aromatic rings. The Morgan fingerprint density at radius 2 is 1.75 bits per heavy atom. The number of fused-ring (bicyclic) bond motifs is 5. The second-order valence-electron chi connectivity index (χ2n) is 9.00. The van der Waals surface area contributed by atoms with E-state index in [-0.39, 0.29) is 0 Å². The lowest BCUT2D eigenvalue weighted by molar-refractivity contribution is -0.0972. The molecule has 0 amide bonds. The van der Waals surface area contributed by atoms with Gasteiger partial charge in [-0.05, 0) is 85.9 Å². The average molecular weight is 272 g/mol. The van der Waals surface area contributed by atoms with Crippen molar-refractivity contribution < 1.29 is 0 Å². The summed E-state index contributed by atoms with van der Waals surface area (Å²) < 4.78 is 0. The van der Waals surface area contributed by atoms with Crippen LogP contribution in [0.3, 0.4) is 0 Å². The van der Waals surface area contributed by atoms with Crippen molar-refractivity contribution in [3.63, 3.8) is 0 Å². The largest absolute Gasteiger partial charge is 0.0993 e. The summed E-state index contributed by atoms with van der Waals surface area (Å²) in [6, 6.07) is 0. The molecule has 4 aliphatic rings. The minimum atomic E-state index is 0.513. The van der Waals surface area contributed by atoms with Gasteiger partial charge in [0.05, 0.1) is 0 Å². The highest BCUT2D eigenvalue weighted by Gasteiger charge is 2.57. The van der Waals surface area contributed by atoms with Crippen molar-refractivity contribution in [2.75, 3.05) is 0 Å². The lowest BCUT2D eigenvalue weighted by Gasteiger charge is -2.60. The van der Waals surface area contributed by atoms with Crippen LogP contribution >= 0.6 is 0 Å². The first-order valence-electron chi connectivity index (χ1n) is 9.24.